The Morgan fingerprint density at radius 2 is 0.571 bits per heavy atom. The summed E-state index contributed by atoms with van der Waals surface area (Å²) in [7, 11) is 0. The van der Waals surface area contributed by atoms with E-state index < -0.39 is 35.8 Å². The Bertz CT molecular complexity index is 1500. The molecule has 0 aliphatic rings. The maximum Gasteiger partial charge on any atom is 3.00 e. The van der Waals surface area contributed by atoms with E-state index in [-0.39, 0.29) is 85.3 Å². The van der Waals surface area contributed by atoms with Crippen LogP contribution in [0.5, 0.6) is 17.2 Å². The van der Waals surface area contributed by atoms with E-state index in [9.17, 15) is 58.5 Å². The molecule has 3 aromatic rings. The fourth-order valence-electron chi connectivity index (χ4n) is 3.69. The minimum absolute atomic E-state index is 0. The number of rotatable bonds is 9. The van der Waals surface area contributed by atoms with Crippen LogP contribution >= 0.6 is 0 Å². The van der Waals surface area contributed by atoms with E-state index in [2.05, 4.69) is 0 Å². The van der Waals surface area contributed by atoms with Gasteiger partial charge in [-0.3, -0.25) is 28.8 Å². The van der Waals surface area contributed by atoms with Crippen molar-refractivity contribution in [2.45, 2.75) is 41.5 Å². The van der Waals surface area contributed by atoms with Crippen molar-refractivity contribution >= 4 is 70.5 Å². The van der Waals surface area contributed by atoms with Gasteiger partial charge >= 0.3 is 35.3 Å². The van der Waals surface area contributed by atoms with Gasteiger partial charge in [-0.15, -0.1) is 0 Å². The van der Waals surface area contributed by atoms with Crippen LogP contribution in [0.15, 0.2) is 54.6 Å². The van der Waals surface area contributed by atoms with E-state index in [0.717, 1.165) is 20.8 Å². The second-order valence-electron chi connectivity index (χ2n) is 9.36. The van der Waals surface area contributed by atoms with Crippen LogP contribution in [-0.4, -0.2) is 70.5 Å². The van der Waals surface area contributed by atoms with Crippen LogP contribution in [0.2, 0.25) is 0 Å². The molecule has 0 amide bonds. The standard InChI is InChI=1S/3C11H10O5.Al/c3*1-6(12)8-4-3-5-9(11(14)15)10(8)16-7(2)13;/h3*3-5H,1-2H3,(H,14,15);/q;;;+3/p-3. The zero-order valence-corrected chi connectivity index (χ0v) is 28.1. The summed E-state index contributed by atoms with van der Waals surface area (Å²) in [6.07, 6.45) is 0. The minimum Gasteiger partial charge on any atom is -0.545 e. The normalized spacial score (nSPS) is 9.43. The van der Waals surface area contributed by atoms with Gasteiger partial charge in [0.25, 0.3) is 0 Å². The molecule has 0 spiro atoms. The second kappa shape index (κ2) is 19.6. The number of carboxylic acids is 3. The van der Waals surface area contributed by atoms with Crippen molar-refractivity contribution in [1.29, 1.82) is 0 Å². The van der Waals surface area contributed by atoms with Crippen LogP contribution in [0.4, 0.5) is 0 Å². The van der Waals surface area contributed by atoms with Gasteiger partial charge in [0.1, 0.15) is 0 Å². The first-order chi connectivity index (χ1) is 22.3. The molecule has 0 heterocycles. The fourth-order valence-corrected chi connectivity index (χ4v) is 3.69. The summed E-state index contributed by atoms with van der Waals surface area (Å²) in [4.78, 5) is 98.4. The summed E-state index contributed by atoms with van der Waals surface area (Å²) in [6, 6.07) is 11.9. The number of para-hydroxylation sites is 3. The molecule has 0 radical (unpaired) electrons. The number of hydrogen-bond acceptors (Lipinski definition) is 15. The Hall–Kier alpha value is -5.98. The van der Waals surface area contributed by atoms with Crippen LogP contribution in [0.25, 0.3) is 0 Å². The number of carbonyl (C=O) groups excluding carboxylic acids is 9. The molecule has 0 atom stereocenters. The van der Waals surface area contributed by atoms with Gasteiger partial charge in [0.05, 0.1) is 34.6 Å². The number of aromatic carboxylic acids is 3. The molecule has 15 nitrogen and oxygen atoms in total. The van der Waals surface area contributed by atoms with Gasteiger partial charge in [-0.05, 0) is 57.2 Å². The van der Waals surface area contributed by atoms with Gasteiger partial charge in [-0.1, -0.05) is 18.2 Å². The van der Waals surface area contributed by atoms with Crippen LogP contribution in [-0.2, 0) is 14.4 Å². The summed E-state index contributed by atoms with van der Waals surface area (Å²) in [5.74, 6) is -8.55. The number of benzene rings is 3. The number of carbonyl (C=O) groups is 9. The number of carboxylic acid groups (broad SMARTS) is 3. The van der Waals surface area contributed by atoms with Gasteiger partial charge in [-0.25, -0.2) is 0 Å². The maximum absolute atomic E-state index is 11.2. The molecular weight excluding hydrogens is 663 g/mol. The predicted molar refractivity (Wildman–Crippen MR) is 162 cm³/mol. The monoisotopic (exact) mass is 690 g/mol. The van der Waals surface area contributed by atoms with Gasteiger partial charge in [0.2, 0.25) is 0 Å². The van der Waals surface area contributed by atoms with Crippen molar-refractivity contribution in [1.82, 2.24) is 0 Å². The summed E-state index contributed by atoms with van der Waals surface area (Å²) in [6.45, 7) is 7.12. The maximum atomic E-state index is 11.2. The molecule has 0 fully saturated rings. The van der Waals surface area contributed by atoms with Crippen LogP contribution in [0.1, 0.15) is 104 Å². The third-order valence-corrected chi connectivity index (χ3v) is 5.58. The molecule has 252 valence electrons. The van der Waals surface area contributed by atoms with Crippen molar-refractivity contribution in [3.05, 3.63) is 88.0 Å². The average Bonchev–Trinajstić information content (AvgIpc) is 2.96. The molecule has 0 aromatic heterocycles. The largest absolute Gasteiger partial charge is 3.00 e. The van der Waals surface area contributed by atoms with Crippen molar-refractivity contribution in [2.75, 3.05) is 0 Å². The molecule has 0 saturated heterocycles. The van der Waals surface area contributed by atoms with E-state index in [0.29, 0.717) is 0 Å². The Morgan fingerprint density at radius 1 is 0.388 bits per heavy atom. The average molecular weight is 691 g/mol. The third kappa shape index (κ3) is 13.0. The number of hydrogen-bond donors (Lipinski definition) is 0. The predicted octanol–water partition coefficient (Wildman–Crippen LogP) is 0.153. The Kier molecular flexibility index (Phi) is 17.2. The van der Waals surface area contributed by atoms with Crippen LogP contribution < -0.4 is 29.5 Å². The van der Waals surface area contributed by atoms with E-state index in [1.54, 1.807) is 0 Å². The molecule has 16 heteroatoms. The number of Topliss-reactive ketones (excluding diaryl/α,β-unsaturated/α-hetero) is 3. The van der Waals surface area contributed by atoms with Gasteiger partial charge in [0, 0.05) is 37.5 Å². The van der Waals surface area contributed by atoms with Crippen molar-refractivity contribution in [2.24, 2.45) is 0 Å². The summed E-state index contributed by atoms with van der Waals surface area (Å²) >= 11 is 0. The van der Waals surface area contributed by atoms with Gasteiger partial charge < -0.3 is 43.9 Å². The topological polar surface area (TPSA) is 250 Å². The molecule has 0 N–H and O–H groups in total. The summed E-state index contributed by atoms with van der Waals surface area (Å²) < 4.78 is 14.2. The first kappa shape index (κ1) is 43.0. The zero-order chi connectivity index (χ0) is 36.9. The van der Waals surface area contributed by atoms with Crippen LogP contribution in [0.3, 0.4) is 0 Å². The summed E-state index contributed by atoms with van der Waals surface area (Å²) in [5, 5.41) is 32.3. The van der Waals surface area contributed by atoms with E-state index in [1.165, 1.54) is 75.4 Å². The second-order valence-corrected chi connectivity index (χ2v) is 9.36. The van der Waals surface area contributed by atoms with Gasteiger partial charge in [-0.2, -0.15) is 0 Å². The third-order valence-electron chi connectivity index (χ3n) is 5.58. The Morgan fingerprint density at radius 3 is 0.714 bits per heavy atom. The van der Waals surface area contributed by atoms with Crippen molar-refractivity contribution in [3.63, 3.8) is 0 Å². The SMILES string of the molecule is CC(=O)Oc1c(C(C)=O)cccc1C(=O)[O-].CC(=O)Oc1c(C(C)=O)cccc1C(=O)[O-].CC(=O)Oc1c(C(C)=O)cccc1C(=O)[O-].[Al+3]. The Labute approximate surface area is 289 Å². The smallest absolute Gasteiger partial charge is 0.545 e. The molecule has 49 heavy (non-hydrogen) atoms. The van der Waals surface area contributed by atoms with E-state index >= 15 is 0 Å². The van der Waals surface area contributed by atoms with Crippen LogP contribution in [0, 0.1) is 0 Å². The number of esters is 3. The molecule has 0 saturated carbocycles. The minimum atomic E-state index is -1.50. The number of ether oxygens (including phenoxy) is 3. The quantitative estimate of drug-likeness (QED) is 0.125. The molecule has 0 aliphatic heterocycles. The first-order valence-electron chi connectivity index (χ1n) is 13.4. The van der Waals surface area contributed by atoms with Crippen molar-refractivity contribution < 1.29 is 72.7 Å². The molecule has 0 unspecified atom stereocenters. The fraction of sp³-hybridized carbons (Fsp3) is 0.182. The number of ketones is 3. The molecule has 0 aliphatic carbocycles. The van der Waals surface area contributed by atoms with E-state index in [1.807, 2.05) is 0 Å². The van der Waals surface area contributed by atoms with Gasteiger partial charge in [0.15, 0.2) is 34.6 Å². The molecular formula is C33H27AlO15. The van der Waals surface area contributed by atoms with E-state index in [4.69, 9.17) is 14.2 Å². The molecule has 3 aromatic carbocycles. The summed E-state index contributed by atoms with van der Waals surface area (Å²) in [5.41, 5.74) is -0.834. The van der Waals surface area contributed by atoms with Crippen molar-refractivity contribution in [3.8, 4) is 17.2 Å². The molecule has 0 bridgehead atoms. The Balaban J connectivity index is 0.000000698. The molecule has 3 rings (SSSR count). The zero-order valence-electron chi connectivity index (χ0n) is 26.9. The first-order valence-corrected chi connectivity index (χ1v) is 13.4.